The van der Waals surface area contributed by atoms with Gasteiger partial charge >= 0.3 is 0 Å². The number of hydrogen-bond acceptors (Lipinski definition) is 3. The van der Waals surface area contributed by atoms with Gasteiger partial charge < -0.3 is 5.32 Å². The van der Waals surface area contributed by atoms with Gasteiger partial charge in [0.05, 0.1) is 0 Å². The van der Waals surface area contributed by atoms with E-state index in [9.17, 15) is 9.59 Å². The predicted octanol–water partition coefficient (Wildman–Crippen LogP) is 3.70. The van der Waals surface area contributed by atoms with Crippen LogP contribution >= 0.6 is 0 Å². The lowest BCUT2D eigenvalue weighted by molar-refractivity contribution is -0.124. The van der Waals surface area contributed by atoms with Gasteiger partial charge in [0.25, 0.3) is 0 Å². The molecule has 24 heavy (non-hydrogen) atoms. The van der Waals surface area contributed by atoms with E-state index in [0.29, 0.717) is 5.92 Å². The van der Waals surface area contributed by atoms with Gasteiger partial charge in [-0.2, -0.15) is 5.10 Å². The third-order valence-electron chi connectivity index (χ3n) is 4.45. The topological polar surface area (TPSA) is 70.6 Å². The Morgan fingerprint density at radius 2 is 1.92 bits per heavy atom. The lowest BCUT2D eigenvalue weighted by Crippen LogP contribution is -2.23. The Hall–Kier alpha value is -2.17. The number of nitrogens with zero attached hydrogens (tertiary/aromatic N) is 1. The maximum Gasteiger partial charge on any atom is 0.240 e. The number of benzene rings is 1. The quantitative estimate of drug-likeness (QED) is 0.809. The number of anilines is 1. The maximum absolute atomic E-state index is 11.9. The van der Waals surface area contributed by atoms with Crippen molar-refractivity contribution in [3.63, 3.8) is 0 Å². The second kappa shape index (κ2) is 8.62. The fourth-order valence-corrected chi connectivity index (χ4v) is 2.83. The van der Waals surface area contributed by atoms with E-state index in [0.717, 1.165) is 36.2 Å². The number of hydrogen-bond donors (Lipinski definition) is 2. The minimum Gasteiger partial charge on any atom is -0.326 e. The molecule has 2 N–H and O–H groups in total. The Kier molecular flexibility index (Phi) is 6.53. The van der Waals surface area contributed by atoms with Gasteiger partial charge in [0.15, 0.2) is 0 Å². The number of amides is 2. The molecule has 0 aliphatic heterocycles. The van der Waals surface area contributed by atoms with E-state index in [-0.39, 0.29) is 24.7 Å². The molecule has 5 heteroatoms. The number of aryl methyl sites for hydroxylation is 2. The minimum atomic E-state index is -0.212. The lowest BCUT2D eigenvalue weighted by Gasteiger charge is -2.18. The smallest absolute Gasteiger partial charge is 0.240 e. The summed E-state index contributed by atoms with van der Waals surface area (Å²) in [5, 5.41) is 7.02. The van der Waals surface area contributed by atoms with Crippen LogP contribution in [0.2, 0.25) is 0 Å². The number of rotatable bonds is 5. The average molecular weight is 329 g/mol. The van der Waals surface area contributed by atoms with Crippen molar-refractivity contribution < 1.29 is 9.59 Å². The highest BCUT2D eigenvalue weighted by atomic mass is 16.2. The molecular formula is C19H27N3O2. The summed E-state index contributed by atoms with van der Waals surface area (Å²) in [5.74, 6) is 0.265. The van der Waals surface area contributed by atoms with Crippen molar-refractivity contribution in [1.82, 2.24) is 5.43 Å². The van der Waals surface area contributed by atoms with Gasteiger partial charge in [-0.15, -0.1) is 0 Å². The van der Waals surface area contributed by atoms with Gasteiger partial charge in [0.1, 0.15) is 0 Å². The summed E-state index contributed by atoms with van der Waals surface area (Å²) in [6.45, 7) is 6.23. The van der Waals surface area contributed by atoms with Crippen LogP contribution in [0.15, 0.2) is 23.3 Å². The molecule has 2 amide bonds. The molecule has 0 saturated heterocycles. The predicted molar refractivity (Wildman–Crippen MR) is 97.0 cm³/mol. The average Bonchev–Trinajstić information content (AvgIpc) is 2.54. The van der Waals surface area contributed by atoms with E-state index >= 15 is 0 Å². The molecule has 0 spiro atoms. The summed E-state index contributed by atoms with van der Waals surface area (Å²) in [6.07, 6.45) is 4.56. The van der Waals surface area contributed by atoms with Gasteiger partial charge in [-0.05, 0) is 68.7 Å². The molecule has 1 aromatic carbocycles. The number of carbonyl (C=O) groups excluding carboxylic acids is 2. The van der Waals surface area contributed by atoms with Crippen LogP contribution in [0.5, 0.6) is 0 Å². The van der Waals surface area contributed by atoms with Crippen molar-refractivity contribution in [2.75, 3.05) is 5.32 Å². The van der Waals surface area contributed by atoms with Crippen LogP contribution < -0.4 is 10.7 Å². The van der Waals surface area contributed by atoms with Crippen molar-refractivity contribution >= 4 is 23.2 Å². The molecule has 1 atom stereocenters. The van der Waals surface area contributed by atoms with Crippen LogP contribution in [0.4, 0.5) is 5.69 Å². The Morgan fingerprint density at radius 1 is 1.17 bits per heavy atom. The van der Waals surface area contributed by atoms with Crippen molar-refractivity contribution in [3.05, 3.63) is 29.3 Å². The van der Waals surface area contributed by atoms with Gasteiger partial charge in [-0.25, -0.2) is 5.43 Å². The Morgan fingerprint density at radius 3 is 2.62 bits per heavy atom. The van der Waals surface area contributed by atoms with Gasteiger partial charge in [0, 0.05) is 24.2 Å². The first kappa shape index (κ1) is 18.2. The van der Waals surface area contributed by atoms with E-state index in [1.165, 1.54) is 12.0 Å². The molecule has 1 fully saturated rings. The zero-order chi connectivity index (χ0) is 17.5. The van der Waals surface area contributed by atoms with Crippen molar-refractivity contribution in [1.29, 1.82) is 0 Å². The Bertz CT molecular complexity index is 637. The molecule has 5 nitrogen and oxygen atoms in total. The molecule has 0 bridgehead atoms. The van der Waals surface area contributed by atoms with Crippen molar-refractivity contribution in [2.24, 2.45) is 11.0 Å². The van der Waals surface area contributed by atoms with Gasteiger partial charge in [-0.1, -0.05) is 13.0 Å². The van der Waals surface area contributed by atoms with Crippen molar-refractivity contribution in [3.8, 4) is 0 Å². The molecule has 1 aromatic rings. The summed E-state index contributed by atoms with van der Waals surface area (Å²) in [5.41, 5.74) is 6.71. The molecule has 0 aromatic heterocycles. The monoisotopic (exact) mass is 329 g/mol. The van der Waals surface area contributed by atoms with E-state index in [2.05, 4.69) is 22.8 Å². The van der Waals surface area contributed by atoms with Crippen molar-refractivity contribution in [2.45, 2.75) is 59.3 Å². The summed E-state index contributed by atoms with van der Waals surface area (Å²) < 4.78 is 0. The molecule has 130 valence electrons. The summed E-state index contributed by atoms with van der Waals surface area (Å²) in [7, 11) is 0. The third kappa shape index (κ3) is 5.80. The largest absolute Gasteiger partial charge is 0.326 e. The van der Waals surface area contributed by atoms with Gasteiger partial charge in [-0.3, -0.25) is 9.59 Å². The van der Waals surface area contributed by atoms with E-state index in [1.54, 1.807) is 0 Å². The fraction of sp³-hybridized carbons (Fsp3) is 0.526. The minimum absolute atomic E-state index is 0.142. The normalized spacial score (nSPS) is 19.1. The van der Waals surface area contributed by atoms with Crippen LogP contribution in [0.1, 0.15) is 56.6 Å². The summed E-state index contributed by atoms with van der Waals surface area (Å²) in [6, 6.07) is 5.78. The highest BCUT2D eigenvalue weighted by Crippen LogP contribution is 2.21. The number of carbonyl (C=O) groups is 2. The van der Waals surface area contributed by atoms with Crippen LogP contribution in [0, 0.1) is 19.8 Å². The van der Waals surface area contributed by atoms with Crippen LogP contribution in [-0.4, -0.2) is 17.5 Å². The third-order valence-corrected chi connectivity index (χ3v) is 4.45. The second-order valence-electron chi connectivity index (χ2n) is 6.76. The zero-order valence-corrected chi connectivity index (χ0v) is 14.8. The van der Waals surface area contributed by atoms with Crippen LogP contribution in [0.25, 0.3) is 0 Å². The maximum atomic E-state index is 11.9. The van der Waals surface area contributed by atoms with E-state index in [1.807, 2.05) is 32.0 Å². The van der Waals surface area contributed by atoms with Gasteiger partial charge in [0.2, 0.25) is 11.8 Å². The first-order valence-electron chi connectivity index (χ1n) is 8.65. The van der Waals surface area contributed by atoms with E-state index < -0.39 is 0 Å². The first-order chi connectivity index (χ1) is 11.4. The standard InChI is InChI=1S/C19H27N3O2/c1-13-5-4-6-17(11-13)21-22-19(24)10-9-18(23)20-16-8-7-14(2)15(3)12-16/h7-8,12-13H,4-6,9-11H2,1-3H3,(H,20,23)(H,22,24)/b21-17-. The molecule has 0 radical (unpaired) electrons. The molecule has 1 saturated carbocycles. The van der Waals surface area contributed by atoms with E-state index in [4.69, 9.17) is 0 Å². The highest BCUT2D eigenvalue weighted by Gasteiger charge is 2.14. The molecule has 1 aliphatic rings. The summed E-state index contributed by atoms with van der Waals surface area (Å²) in [4.78, 5) is 23.8. The molecular weight excluding hydrogens is 302 g/mol. The highest BCUT2D eigenvalue weighted by molar-refractivity contribution is 5.93. The van der Waals surface area contributed by atoms with Crippen LogP contribution in [-0.2, 0) is 9.59 Å². The Labute approximate surface area is 143 Å². The lowest BCUT2D eigenvalue weighted by atomic mass is 9.89. The molecule has 2 rings (SSSR count). The first-order valence-corrected chi connectivity index (χ1v) is 8.65. The fourth-order valence-electron chi connectivity index (χ4n) is 2.83. The summed E-state index contributed by atoms with van der Waals surface area (Å²) >= 11 is 0. The zero-order valence-electron chi connectivity index (χ0n) is 14.8. The molecule has 0 heterocycles. The molecule has 1 aliphatic carbocycles. The Balaban J connectivity index is 1.73. The SMILES string of the molecule is Cc1ccc(NC(=O)CCC(=O)N/N=C2/CCCC(C)C2)cc1C. The van der Waals surface area contributed by atoms with Crippen LogP contribution in [0.3, 0.4) is 0 Å². The molecule has 1 unspecified atom stereocenters. The second-order valence-corrected chi connectivity index (χ2v) is 6.76. The number of hydrazone groups is 1. The number of nitrogens with one attached hydrogen (secondary N) is 2.